The fourth-order valence-electron chi connectivity index (χ4n) is 2.54. The fourth-order valence-corrected chi connectivity index (χ4v) is 3.41. The highest BCUT2D eigenvalue weighted by Gasteiger charge is 2.45. The monoisotopic (exact) mass is 417 g/mol. The molecule has 0 bridgehead atoms. The van der Waals surface area contributed by atoms with E-state index in [2.05, 4.69) is 25.4 Å². The van der Waals surface area contributed by atoms with E-state index < -0.39 is 39.0 Å². The molecule has 14 heteroatoms. The van der Waals surface area contributed by atoms with E-state index >= 15 is 0 Å². The Bertz CT molecular complexity index is 928. The Hall–Kier alpha value is -1.75. The number of phosphoric ester groups is 1. The van der Waals surface area contributed by atoms with E-state index in [1.807, 2.05) is 0 Å². The van der Waals surface area contributed by atoms with Crippen molar-refractivity contribution >= 4 is 36.6 Å². The number of nitrogens with zero attached hydrogens (tertiary/aromatic N) is 4. The van der Waals surface area contributed by atoms with Crippen LogP contribution in [0.5, 0.6) is 0 Å². The minimum atomic E-state index is -4.76. The van der Waals surface area contributed by atoms with Crippen molar-refractivity contribution < 1.29 is 33.8 Å². The molecule has 0 aliphatic carbocycles. The number of aromatic nitrogens is 4. The third kappa shape index (κ3) is 4.23. The molecule has 0 aromatic carbocycles. The van der Waals surface area contributed by atoms with E-state index in [4.69, 9.17) is 26.7 Å². The molecule has 4 atom stereocenters. The Balaban J connectivity index is 1.89. The fraction of sp³-hybridized carbons (Fsp3) is 0.462. The van der Waals surface area contributed by atoms with Crippen molar-refractivity contribution in [1.82, 2.24) is 19.5 Å². The minimum absolute atomic E-state index is 0.104. The van der Waals surface area contributed by atoms with Crippen LogP contribution in [0, 0.1) is 12.3 Å². The lowest BCUT2D eigenvalue weighted by Gasteiger charge is -2.16. The van der Waals surface area contributed by atoms with Gasteiger partial charge in [0.05, 0.1) is 18.7 Å². The van der Waals surface area contributed by atoms with Crippen molar-refractivity contribution in [3.05, 3.63) is 6.33 Å². The van der Waals surface area contributed by atoms with Crippen molar-refractivity contribution in [1.29, 1.82) is 0 Å². The summed E-state index contributed by atoms with van der Waals surface area (Å²) in [5, 5.41) is 20.7. The summed E-state index contributed by atoms with van der Waals surface area (Å²) in [6.07, 6.45) is 1.34. The molecule has 27 heavy (non-hydrogen) atoms. The van der Waals surface area contributed by atoms with Gasteiger partial charge in [0.1, 0.15) is 23.8 Å². The van der Waals surface area contributed by atoms with Gasteiger partial charge in [0.15, 0.2) is 22.8 Å². The molecule has 4 unspecified atom stereocenters. The van der Waals surface area contributed by atoms with E-state index in [1.165, 1.54) is 22.7 Å². The smallest absolute Gasteiger partial charge is 0.387 e. The number of ether oxygens (including phenoxy) is 1. The van der Waals surface area contributed by atoms with Crippen LogP contribution < -0.4 is 5.73 Å². The van der Waals surface area contributed by atoms with Crippen LogP contribution in [-0.2, 0) is 13.8 Å². The Morgan fingerprint density at radius 2 is 2.15 bits per heavy atom. The Labute approximate surface area is 157 Å². The van der Waals surface area contributed by atoms with E-state index in [0.717, 1.165) is 0 Å². The molecule has 3 rings (SSSR count). The topological polar surface area (TPSA) is 186 Å². The highest BCUT2D eigenvalue weighted by atomic mass is 32.2. The van der Waals surface area contributed by atoms with Crippen molar-refractivity contribution in [2.24, 2.45) is 0 Å². The van der Waals surface area contributed by atoms with Gasteiger partial charge in [0, 0.05) is 0 Å². The number of terminal acetylenes is 1. The highest BCUT2D eigenvalue weighted by molar-refractivity contribution is 7.99. The Morgan fingerprint density at radius 3 is 2.81 bits per heavy atom. The highest BCUT2D eigenvalue weighted by Crippen LogP contribution is 2.39. The van der Waals surface area contributed by atoms with Gasteiger partial charge < -0.3 is 30.5 Å². The molecule has 0 amide bonds. The van der Waals surface area contributed by atoms with Crippen LogP contribution in [0.4, 0.5) is 5.82 Å². The van der Waals surface area contributed by atoms with E-state index in [1.54, 1.807) is 0 Å². The molecule has 1 aliphatic rings. The summed E-state index contributed by atoms with van der Waals surface area (Å²) in [7, 11) is -4.76. The lowest BCUT2D eigenvalue weighted by molar-refractivity contribution is -0.0504. The molecule has 0 saturated carbocycles. The number of anilines is 1. The first-order valence-corrected chi connectivity index (χ1v) is 10.0. The number of phosphoric acid groups is 1. The summed E-state index contributed by atoms with van der Waals surface area (Å²) in [5.41, 5.74) is 6.38. The van der Waals surface area contributed by atoms with Gasteiger partial charge in [-0.05, 0) is 0 Å². The molecule has 1 saturated heterocycles. The zero-order chi connectivity index (χ0) is 19.8. The first-order chi connectivity index (χ1) is 12.7. The molecular weight excluding hydrogens is 401 g/mol. The maximum absolute atomic E-state index is 10.8. The first kappa shape index (κ1) is 20.0. The zero-order valence-corrected chi connectivity index (χ0v) is 15.3. The first-order valence-electron chi connectivity index (χ1n) is 7.49. The lowest BCUT2D eigenvalue weighted by atomic mass is 10.1. The van der Waals surface area contributed by atoms with Gasteiger partial charge in [0.25, 0.3) is 0 Å². The third-order valence-electron chi connectivity index (χ3n) is 3.73. The minimum Gasteiger partial charge on any atom is -0.387 e. The van der Waals surface area contributed by atoms with Gasteiger partial charge >= 0.3 is 7.82 Å². The van der Waals surface area contributed by atoms with Crippen molar-refractivity contribution in [3.8, 4) is 12.3 Å². The average molecular weight is 417 g/mol. The van der Waals surface area contributed by atoms with Gasteiger partial charge in [-0.3, -0.25) is 9.09 Å². The molecule has 0 spiro atoms. The third-order valence-corrected chi connectivity index (χ3v) is 4.97. The molecule has 12 nitrogen and oxygen atoms in total. The van der Waals surface area contributed by atoms with Gasteiger partial charge in [-0.1, -0.05) is 17.7 Å². The molecule has 0 radical (unpaired) electrons. The number of imidazole rings is 1. The molecule has 1 fully saturated rings. The number of rotatable bonds is 6. The van der Waals surface area contributed by atoms with Gasteiger partial charge in [-0.15, -0.1) is 6.42 Å². The summed E-state index contributed by atoms with van der Waals surface area (Å²) in [4.78, 5) is 30.0. The second kappa shape index (κ2) is 7.70. The maximum Gasteiger partial charge on any atom is 0.469 e. The lowest BCUT2D eigenvalue weighted by Crippen LogP contribution is -2.33. The van der Waals surface area contributed by atoms with E-state index in [9.17, 15) is 14.8 Å². The van der Waals surface area contributed by atoms with Gasteiger partial charge in [-0.2, -0.15) is 0 Å². The number of hydrogen-bond donors (Lipinski definition) is 5. The second-order valence-electron chi connectivity index (χ2n) is 5.54. The number of fused-ring (bicyclic) bond motifs is 1. The summed E-state index contributed by atoms with van der Waals surface area (Å²) in [6, 6.07) is 0. The van der Waals surface area contributed by atoms with Crippen LogP contribution in [0.3, 0.4) is 0 Å². The largest absolute Gasteiger partial charge is 0.469 e. The van der Waals surface area contributed by atoms with Crippen LogP contribution in [0.1, 0.15) is 6.23 Å². The van der Waals surface area contributed by atoms with Crippen LogP contribution in [0.15, 0.2) is 11.5 Å². The number of aliphatic hydroxyl groups is 2. The number of nitrogen functional groups attached to an aromatic ring is 1. The standard InChI is InChI=1S/C13H16N5O7PS/c1-2-3-27-13-16-10(14)7-11(17-13)18(5-15-7)12-9(20)8(19)6(25-12)4-24-26(21,22)23/h1,5-6,8-9,12,19-20H,3-4H2,(H2,14,16,17)(H2,21,22,23). The SMILES string of the molecule is C#CCSc1nc(N)c2ncn(C3OC(COP(=O)(O)O)C(O)C3O)c2n1. The molecule has 2 aromatic heterocycles. The quantitative estimate of drug-likeness (QED) is 0.165. The van der Waals surface area contributed by atoms with Gasteiger partial charge in [0.2, 0.25) is 0 Å². The number of aliphatic hydroxyl groups excluding tert-OH is 2. The molecular formula is C13H16N5O7PS. The number of hydrogen-bond acceptors (Lipinski definition) is 10. The molecule has 6 N–H and O–H groups in total. The summed E-state index contributed by atoms with van der Waals surface area (Å²) in [6.45, 7) is -0.619. The molecule has 1 aliphatic heterocycles. The molecule has 2 aromatic rings. The summed E-state index contributed by atoms with van der Waals surface area (Å²) < 4.78 is 22.0. The molecule has 146 valence electrons. The summed E-state index contributed by atoms with van der Waals surface area (Å²) in [5.74, 6) is 2.86. The van der Waals surface area contributed by atoms with Crippen molar-refractivity contribution in [3.63, 3.8) is 0 Å². The maximum atomic E-state index is 10.8. The molecule has 3 heterocycles. The Morgan fingerprint density at radius 1 is 1.41 bits per heavy atom. The van der Waals surface area contributed by atoms with Crippen LogP contribution in [0.2, 0.25) is 0 Å². The van der Waals surface area contributed by atoms with Crippen LogP contribution in [-0.4, -0.2) is 70.2 Å². The van der Waals surface area contributed by atoms with Gasteiger partial charge in [-0.25, -0.2) is 19.5 Å². The van der Waals surface area contributed by atoms with Crippen molar-refractivity contribution in [2.75, 3.05) is 18.1 Å². The normalized spacial score (nSPS) is 25.7. The predicted octanol–water partition coefficient (Wildman–Crippen LogP) is -1.14. The van der Waals surface area contributed by atoms with E-state index in [-0.39, 0.29) is 17.0 Å². The van der Waals surface area contributed by atoms with Crippen LogP contribution in [0.25, 0.3) is 11.2 Å². The second-order valence-corrected chi connectivity index (χ2v) is 7.72. The average Bonchev–Trinajstić information content (AvgIpc) is 3.13. The zero-order valence-electron chi connectivity index (χ0n) is 13.6. The Kier molecular flexibility index (Phi) is 5.71. The predicted molar refractivity (Wildman–Crippen MR) is 93.2 cm³/mol. The van der Waals surface area contributed by atoms with Crippen molar-refractivity contribution in [2.45, 2.75) is 29.7 Å². The number of nitrogens with two attached hydrogens (primary N) is 1. The van der Waals surface area contributed by atoms with E-state index in [0.29, 0.717) is 10.9 Å². The summed E-state index contributed by atoms with van der Waals surface area (Å²) >= 11 is 1.18. The number of thioether (sulfide) groups is 1. The van der Waals surface area contributed by atoms with Crippen LogP contribution >= 0.6 is 19.6 Å².